The van der Waals surface area contributed by atoms with Crippen molar-refractivity contribution in [3.63, 3.8) is 0 Å². The van der Waals surface area contributed by atoms with Crippen LogP contribution in [-0.2, 0) is 6.61 Å². The summed E-state index contributed by atoms with van der Waals surface area (Å²) >= 11 is 0. The maximum Gasteiger partial charge on any atom is 0.348 e. The van der Waals surface area contributed by atoms with Crippen molar-refractivity contribution in [2.45, 2.75) is 6.61 Å². The third-order valence-corrected chi connectivity index (χ3v) is 4.32. The maximum atomic E-state index is 11.7. The van der Waals surface area contributed by atoms with Gasteiger partial charge in [0.15, 0.2) is 0 Å². The number of benzene rings is 2. The Morgan fingerprint density at radius 2 is 1.93 bits per heavy atom. The predicted molar refractivity (Wildman–Crippen MR) is 101 cm³/mol. The number of aromatic nitrogens is 4. The molecule has 0 fully saturated rings. The molecule has 10 nitrogen and oxygen atoms in total. The molecule has 0 saturated carbocycles. The number of carboxylic acid groups (broad SMARTS) is 1. The number of H-pyrrole nitrogens is 1. The van der Waals surface area contributed by atoms with Crippen molar-refractivity contribution in [3.05, 3.63) is 87.0 Å². The average Bonchev–Trinajstić information content (AvgIpc) is 3.25. The fourth-order valence-corrected chi connectivity index (χ4v) is 2.84. The first-order chi connectivity index (χ1) is 13.9. The number of aromatic carboxylic acids is 1. The minimum atomic E-state index is -1.11. The Balaban J connectivity index is 1.77. The summed E-state index contributed by atoms with van der Waals surface area (Å²) in [4.78, 5) is 40.8. The van der Waals surface area contributed by atoms with Crippen molar-refractivity contribution in [3.8, 4) is 11.4 Å². The Bertz CT molecular complexity index is 1320. The number of imidazole rings is 1. The van der Waals surface area contributed by atoms with Gasteiger partial charge in [-0.2, -0.15) is 0 Å². The number of fused-ring (bicyclic) bond motifs is 1. The zero-order chi connectivity index (χ0) is 20.5. The lowest BCUT2D eigenvalue weighted by atomic mass is 10.1. The van der Waals surface area contributed by atoms with E-state index in [1.165, 1.54) is 24.5 Å². The van der Waals surface area contributed by atoms with Crippen molar-refractivity contribution in [1.82, 2.24) is 19.3 Å². The van der Waals surface area contributed by atoms with Gasteiger partial charge in [0.2, 0.25) is 0 Å². The topological polar surface area (TPSA) is 139 Å². The molecule has 4 aromatic rings. The van der Waals surface area contributed by atoms with Gasteiger partial charge in [0.1, 0.15) is 17.9 Å². The third-order valence-electron chi connectivity index (χ3n) is 4.32. The first-order valence-corrected chi connectivity index (χ1v) is 8.40. The molecular formula is C19H14N4O6. The Kier molecular flexibility index (Phi) is 4.36. The Morgan fingerprint density at radius 1 is 1.17 bits per heavy atom. The number of carboxylic acids is 1. The summed E-state index contributed by atoms with van der Waals surface area (Å²) in [6.07, 6.45) is 4.76. The molecule has 0 aliphatic heterocycles. The van der Waals surface area contributed by atoms with Crippen LogP contribution in [0.1, 0.15) is 15.9 Å². The summed E-state index contributed by atoms with van der Waals surface area (Å²) in [6.45, 7) is 0.103. The number of hydrogen-bond acceptors (Lipinski definition) is 6. The van der Waals surface area contributed by atoms with Crippen molar-refractivity contribution >= 4 is 17.0 Å². The lowest BCUT2D eigenvalue weighted by Gasteiger charge is -2.14. The second kappa shape index (κ2) is 7.00. The number of nitrogens with one attached hydrogen (secondary N) is 1. The smallest absolute Gasteiger partial charge is 0.348 e. The molecule has 0 unspecified atom stereocenters. The first-order valence-electron chi connectivity index (χ1n) is 8.40. The van der Waals surface area contributed by atoms with Crippen molar-refractivity contribution in [2.24, 2.45) is 0 Å². The summed E-state index contributed by atoms with van der Waals surface area (Å²) in [5, 5.41) is 19.0. The zero-order valence-corrected chi connectivity index (χ0v) is 14.8. The van der Waals surface area contributed by atoms with E-state index in [1.54, 1.807) is 35.2 Å². The fourth-order valence-electron chi connectivity index (χ4n) is 2.84. The zero-order valence-electron chi connectivity index (χ0n) is 14.8. The van der Waals surface area contributed by atoms with Gasteiger partial charge < -0.3 is 24.6 Å². The Morgan fingerprint density at radius 3 is 2.59 bits per heavy atom. The van der Waals surface area contributed by atoms with E-state index in [0.29, 0.717) is 11.4 Å². The average molecular weight is 394 g/mol. The van der Waals surface area contributed by atoms with Gasteiger partial charge in [-0.3, -0.25) is 9.59 Å². The van der Waals surface area contributed by atoms with Gasteiger partial charge in [0, 0.05) is 18.5 Å². The molecule has 146 valence electrons. The molecule has 0 radical (unpaired) electrons. The minimum Gasteiger partial charge on any atom is -0.487 e. The second-order valence-corrected chi connectivity index (χ2v) is 6.17. The van der Waals surface area contributed by atoms with Crippen LogP contribution in [0.5, 0.6) is 5.75 Å². The van der Waals surface area contributed by atoms with E-state index in [4.69, 9.17) is 9.84 Å². The number of nitrogens with zero attached hydrogens (tertiary/aromatic N) is 3. The van der Waals surface area contributed by atoms with Gasteiger partial charge >= 0.3 is 17.1 Å². The minimum absolute atomic E-state index is 0.0645. The first kappa shape index (κ1) is 18.0. The van der Waals surface area contributed by atoms with Crippen LogP contribution in [0.25, 0.3) is 16.7 Å². The molecule has 3 N–H and O–H groups in total. The van der Waals surface area contributed by atoms with Crippen LogP contribution in [0.4, 0.5) is 0 Å². The van der Waals surface area contributed by atoms with Crippen LogP contribution in [0.2, 0.25) is 0 Å². The summed E-state index contributed by atoms with van der Waals surface area (Å²) in [6, 6.07) is 9.16. The van der Waals surface area contributed by atoms with Gasteiger partial charge in [-0.25, -0.2) is 9.78 Å². The van der Waals surface area contributed by atoms with E-state index in [1.807, 2.05) is 0 Å². The molecule has 2 heterocycles. The highest BCUT2D eigenvalue weighted by molar-refractivity contribution is 5.87. The molecule has 10 heteroatoms. The van der Waals surface area contributed by atoms with Crippen molar-refractivity contribution in [1.29, 1.82) is 0 Å². The van der Waals surface area contributed by atoms with E-state index in [-0.39, 0.29) is 27.9 Å². The molecular weight excluding hydrogens is 380 g/mol. The van der Waals surface area contributed by atoms with Crippen LogP contribution in [-0.4, -0.2) is 35.5 Å². The van der Waals surface area contributed by atoms with Gasteiger partial charge in [0.05, 0.1) is 23.1 Å². The molecule has 2 aromatic carbocycles. The lowest BCUT2D eigenvalue weighted by molar-refractivity contribution is 0.0697. The predicted octanol–water partition coefficient (Wildman–Crippen LogP) is 1.39. The monoisotopic (exact) mass is 394 g/mol. The van der Waals surface area contributed by atoms with Crippen molar-refractivity contribution < 1.29 is 19.8 Å². The van der Waals surface area contributed by atoms with Crippen molar-refractivity contribution in [2.75, 3.05) is 0 Å². The van der Waals surface area contributed by atoms with Crippen LogP contribution >= 0.6 is 0 Å². The molecule has 0 saturated heterocycles. The SMILES string of the molecule is O=C(O)c1ccc(COc2cc3c(cc2-n2ccnc2)[nH]c(=O)c(=O)n3O)cc1. The molecule has 0 aliphatic rings. The number of hydrogen-bond donors (Lipinski definition) is 3. The van der Waals surface area contributed by atoms with Gasteiger partial charge in [-0.15, -0.1) is 4.73 Å². The fraction of sp³-hybridized carbons (Fsp3) is 0.0526. The van der Waals surface area contributed by atoms with E-state index in [9.17, 15) is 19.6 Å². The Labute approximate surface area is 161 Å². The van der Waals surface area contributed by atoms with Crippen LogP contribution in [0, 0.1) is 0 Å². The maximum absolute atomic E-state index is 11.7. The number of rotatable bonds is 5. The highest BCUT2D eigenvalue weighted by Gasteiger charge is 2.14. The highest BCUT2D eigenvalue weighted by Crippen LogP contribution is 2.28. The molecule has 2 aromatic heterocycles. The molecule has 0 spiro atoms. The standard InChI is InChI=1S/C19H14N4O6/c24-17-18(25)23(28)14-8-16(15(7-13(14)21-17)22-6-5-20-10-22)29-9-11-1-3-12(4-2-11)19(26)27/h1-8,10,28H,9H2,(H,21,24)(H,26,27). The van der Waals surface area contributed by atoms with Gasteiger partial charge in [0.25, 0.3) is 0 Å². The van der Waals surface area contributed by atoms with E-state index in [0.717, 1.165) is 5.56 Å². The Hall–Kier alpha value is -4.34. The molecule has 0 bridgehead atoms. The van der Waals surface area contributed by atoms with E-state index in [2.05, 4.69) is 9.97 Å². The summed E-state index contributed by atoms with van der Waals surface area (Å²) in [7, 11) is 0. The summed E-state index contributed by atoms with van der Waals surface area (Å²) < 4.78 is 7.78. The normalized spacial score (nSPS) is 10.9. The van der Waals surface area contributed by atoms with Gasteiger partial charge in [-0.05, 0) is 23.8 Å². The lowest BCUT2D eigenvalue weighted by Crippen LogP contribution is -2.35. The van der Waals surface area contributed by atoms with E-state index < -0.39 is 17.1 Å². The molecule has 4 rings (SSSR count). The largest absolute Gasteiger partial charge is 0.487 e. The number of carbonyl (C=O) groups is 1. The number of aromatic amines is 1. The van der Waals surface area contributed by atoms with Crippen LogP contribution < -0.4 is 15.9 Å². The molecule has 0 atom stereocenters. The highest BCUT2D eigenvalue weighted by atomic mass is 16.5. The van der Waals surface area contributed by atoms with Crippen LogP contribution in [0.15, 0.2) is 64.7 Å². The molecule has 29 heavy (non-hydrogen) atoms. The third kappa shape index (κ3) is 3.34. The second-order valence-electron chi connectivity index (χ2n) is 6.17. The van der Waals surface area contributed by atoms with Crippen LogP contribution in [0.3, 0.4) is 0 Å². The number of ether oxygens (including phenoxy) is 1. The van der Waals surface area contributed by atoms with E-state index >= 15 is 0 Å². The van der Waals surface area contributed by atoms with Gasteiger partial charge in [-0.1, -0.05) is 12.1 Å². The summed E-state index contributed by atoms with van der Waals surface area (Å²) in [5.74, 6) is -0.712. The molecule has 0 amide bonds. The quantitative estimate of drug-likeness (QED) is 0.343. The molecule has 0 aliphatic carbocycles. The summed E-state index contributed by atoms with van der Waals surface area (Å²) in [5.41, 5.74) is -0.367.